The minimum atomic E-state index is -0.140. The van der Waals surface area contributed by atoms with E-state index in [9.17, 15) is 14.4 Å². The maximum absolute atomic E-state index is 12.8. The van der Waals surface area contributed by atoms with Crippen LogP contribution in [0.25, 0.3) is 0 Å². The van der Waals surface area contributed by atoms with Crippen LogP contribution >= 0.6 is 11.3 Å². The van der Waals surface area contributed by atoms with Crippen molar-refractivity contribution in [3.63, 3.8) is 0 Å². The molecule has 1 aromatic heterocycles. The van der Waals surface area contributed by atoms with E-state index < -0.39 is 0 Å². The number of carbonyl (C=O) groups is 3. The average Bonchev–Trinajstić information content (AvgIpc) is 3.06. The fraction of sp³-hybridized carbons (Fsp3) is 0.650. The first-order valence-electron chi connectivity index (χ1n) is 10.3. The fourth-order valence-corrected chi connectivity index (χ4v) is 5.26. The van der Waals surface area contributed by atoms with E-state index in [1.807, 2.05) is 4.90 Å². The number of aryl methyl sites for hydroxylation is 1. The van der Waals surface area contributed by atoms with Gasteiger partial charge in [0.05, 0.1) is 38.3 Å². The highest BCUT2D eigenvalue weighted by atomic mass is 32.1. The number of quaternary nitrogens is 1. The van der Waals surface area contributed by atoms with E-state index in [2.05, 4.69) is 10.6 Å². The van der Waals surface area contributed by atoms with Gasteiger partial charge in [-0.15, -0.1) is 11.3 Å². The average molecular weight is 424 g/mol. The number of thiophene rings is 1. The Labute approximate surface area is 175 Å². The molecule has 0 aromatic carbocycles. The number of nitrogens with zero attached hydrogens (tertiary/aromatic N) is 1. The Balaban J connectivity index is 1.65. The van der Waals surface area contributed by atoms with Crippen molar-refractivity contribution >= 4 is 34.1 Å². The molecular formula is C20H31N4O4S+. The molecule has 1 saturated heterocycles. The second kappa shape index (κ2) is 10.2. The third kappa shape index (κ3) is 5.55. The van der Waals surface area contributed by atoms with Crippen molar-refractivity contribution in [3.05, 3.63) is 16.0 Å². The molecule has 8 nitrogen and oxygen atoms in total. The fourth-order valence-electron chi connectivity index (χ4n) is 3.96. The largest absolute Gasteiger partial charge is 0.383 e. The molecule has 0 unspecified atom stereocenters. The molecule has 3 N–H and O–H groups in total. The van der Waals surface area contributed by atoms with E-state index >= 15 is 0 Å². The Morgan fingerprint density at radius 2 is 1.90 bits per heavy atom. The number of hydrogen-bond acceptors (Lipinski definition) is 5. The van der Waals surface area contributed by atoms with Gasteiger partial charge in [0.2, 0.25) is 5.91 Å². The molecule has 0 spiro atoms. The number of ether oxygens (including phenoxy) is 1. The molecule has 1 aliphatic heterocycles. The second-order valence-corrected chi connectivity index (χ2v) is 8.75. The van der Waals surface area contributed by atoms with Gasteiger partial charge in [0, 0.05) is 25.5 Å². The van der Waals surface area contributed by atoms with Gasteiger partial charge in [-0.05, 0) is 31.2 Å². The number of anilines is 1. The molecule has 3 rings (SSSR count). The van der Waals surface area contributed by atoms with Crippen molar-refractivity contribution in [2.24, 2.45) is 0 Å². The summed E-state index contributed by atoms with van der Waals surface area (Å²) in [5, 5.41) is 6.57. The van der Waals surface area contributed by atoms with Gasteiger partial charge in [0.15, 0.2) is 6.54 Å². The van der Waals surface area contributed by atoms with Crippen LogP contribution in [0.15, 0.2) is 0 Å². The molecule has 9 heteroatoms. The van der Waals surface area contributed by atoms with Crippen LogP contribution in [0.3, 0.4) is 0 Å². The van der Waals surface area contributed by atoms with Crippen LogP contribution < -0.4 is 15.5 Å². The van der Waals surface area contributed by atoms with Crippen molar-refractivity contribution < 1.29 is 24.0 Å². The van der Waals surface area contributed by atoms with Gasteiger partial charge in [-0.2, -0.15) is 0 Å². The van der Waals surface area contributed by atoms with E-state index in [0.29, 0.717) is 43.4 Å². The minimum Gasteiger partial charge on any atom is -0.383 e. The lowest BCUT2D eigenvalue weighted by atomic mass is 9.95. The highest BCUT2D eigenvalue weighted by Crippen LogP contribution is 2.38. The summed E-state index contributed by atoms with van der Waals surface area (Å²) in [5.74, 6) is -0.137. The van der Waals surface area contributed by atoms with Gasteiger partial charge in [-0.1, -0.05) is 0 Å². The third-order valence-corrected chi connectivity index (χ3v) is 6.78. The number of fused-ring (bicyclic) bond motifs is 1. The van der Waals surface area contributed by atoms with Crippen molar-refractivity contribution in [3.8, 4) is 0 Å². The zero-order chi connectivity index (χ0) is 20.8. The molecule has 3 amide bonds. The van der Waals surface area contributed by atoms with Gasteiger partial charge < -0.3 is 25.2 Å². The van der Waals surface area contributed by atoms with Crippen molar-refractivity contribution in [2.75, 3.05) is 58.3 Å². The van der Waals surface area contributed by atoms with Crippen molar-refractivity contribution in [2.45, 2.75) is 32.6 Å². The second-order valence-electron chi connectivity index (χ2n) is 7.64. The molecule has 2 heterocycles. The number of carbonyl (C=O) groups excluding carboxylic acids is 3. The van der Waals surface area contributed by atoms with Crippen LogP contribution in [0, 0.1) is 0 Å². The first-order valence-corrected chi connectivity index (χ1v) is 11.1. The molecule has 1 aromatic rings. The van der Waals surface area contributed by atoms with Crippen LogP contribution in [-0.2, 0) is 27.2 Å². The van der Waals surface area contributed by atoms with Crippen LogP contribution in [-0.4, -0.2) is 75.6 Å². The monoisotopic (exact) mass is 423 g/mol. The lowest BCUT2D eigenvalue weighted by Crippen LogP contribution is -3.15. The Morgan fingerprint density at radius 3 is 2.59 bits per heavy atom. The van der Waals surface area contributed by atoms with E-state index in [4.69, 9.17) is 4.74 Å². The maximum Gasteiger partial charge on any atom is 0.280 e. The van der Waals surface area contributed by atoms with Gasteiger partial charge in [-0.3, -0.25) is 14.4 Å². The van der Waals surface area contributed by atoms with Crippen LogP contribution in [0.4, 0.5) is 5.00 Å². The molecule has 1 aliphatic carbocycles. The van der Waals surface area contributed by atoms with Crippen molar-refractivity contribution in [1.29, 1.82) is 0 Å². The summed E-state index contributed by atoms with van der Waals surface area (Å²) >= 11 is 1.54. The number of nitrogens with one attached hydrogen (secondary N) is 3. The third-order valence-electron chi connectivity index (χ3n) is 5.57. The van der Waals surface area contributed by atoms with Gasteiger partial charge in [-0.25, -0.2) is 0 Å². The van der Waals surface area contributed by atoms with E-state index in [0.717, 1.165) is 49.2 Å². The van der Waals surface area contributed by atoms with E-state index in [-0.39, 0.29) is 17.7 Å². The predicted octanol–water partition coefficient (Wildman–Crippen LogP) is -0.311. The van der Waals surface area contributed by atoms with Crippen LogP contribution in [0.5, 0.6) is 0 Å². The first kappa shape index (κ1) is 21.7. The lowest BCUT2D eigenvalue weighted by Gasteiger charge is -2.31. The van der Waals surface area contributed by atoms with Gasteiger partial charge in [0.1, 0.15) is 5.00 Å². The number of rotatable bonds is 7. The summed E-state index contributed by atoms with van der Waals surface area (Å²) in [5.41, 5.74) is 1.72. The Bertz CT molecular complexity index is 756. The van der Waals surface area contributed by atoms with Crippen LogP contribution in [0.2, 0.25) is 0 Å². The summed E-state index contributed by atoms with van der Waals surface area (Å²) in [6, 6.07) is 0. The number of methoxy groups -OCH3 is 1. The number of hydrogen-bond donors (Lipinski definition) is 3. The molecule has 0 bridgehead atoms. The SMILES string of the molecule is COCCNC(=O)c1c(NC(=O)C[NH+]2CCN(C(C)=O)CC2)sc2c1CCCC2. The molecule has 1 fully saturated rings. The smallest absolute Gasteiger partial charge is 0.280 e. The summed E-state index contributed by atoms with van der Waals surface area (Å²) in [7, 11) is 1.60. The van der Waals surface area contributed by atoms with Crippen LogP contribution in [0.1, 0.15) is 40.6 Å². The number of piperazine rings is 1. The Morgan fingerprint density at radius 1 is 1.17 bits per heavy atom. The zero-order valence-electron chi connectivity index (χ0n) is 17.3. The Kier molecular flexibility index (Phi) is 7.63. The van der Waals surface area contributed by atoms with Gasteiger partial charge in [0.25, 0.3) is 11.8 Å². The maximum atomic E-state index is 12.8. The molecule has 0 atom stereocenters. The summed E-state index contributed by atoms with van der Waals surface area (Å²) in [6.07, 6.45) is 4.04. The van der Waals surface area contributed by atoms with E-state index in [1.54, 1.807) is 14.0 Å². The topological polar surface area (TPSA) is 92.2 Å². The lowest BCUT2D eigenvalue weighted by molar-refractivity contribution is -0.895. The highest BCUT2D eigenvalue weighted by Gasteiger charge is 2.28. The van der Waals surface area contributed by atoms with Gasteiger partial charge >= 0.3 is 0 Å². The standard InChI is InChI=1S/C20H30N4O4S/c1-14(25)24-10-8-23(9-11-24)13-17(26)22-20-18(19(27)21-7-12-28-2)15-5-3-4-6-16(15)29-20/h3-13H2,1-2H3,(H,21,27)(H,22,26)/p+1. The summed E-state index contributed by atoms with van der Waals surface area (Å²) in [4.78, 5) is 41.1. The first-order chi connectivity index (χ1) is 14.0. The summed E-state index contributed by atoms with van der Waals surface area (Å²) in [6.45, 7) is 5.70. The minimum absolute atomic E-state index is 0.0826. The van der Waals surface area contributed by atoms with Crippen molar-refractivity contribution in [1.82, 2.24) is 10.2 Å². The summed E-state index contributed by atoms with van der Waals surface area (Å²) < 4.78 is 5.01. The Hall–Kier alpha value is -1.97. The molecule has 2 aliphatic rings. The molecule has 29 heavy (non-hydrogen) atoms. The number of amides is 3. The molecule has 0 saturated carbocycles. The molecule has 160 valence electrons. The van der Waals surface area contributed by atoms with E-state index in [1.165, 1.54) is 16.2 Å². The molecular weight excluding hydrogens is 392 g/mol. The normalized spacial score (nSPS) is 17.0. The zero-order valence-corrected chi connectivity index (χ0v) is 18.1. The quantitative estimate of drug-likeness (QED) is 0.525. The highest BCUT2D eigenvalue weighted by molar-refractivity contribution is 7.17. The predicted molar refractivity (Wildman–Crippen MR) is 112 cm³/mol. The molecule has 0 radical (unpaired) electrons.